The van der Waals surface area contributed by atoms with Gasteiger partial charge in [-0.05, 0) is 36.4 Å². The maximum Gasteiger partial charge on any atom is 0.319 e. The van der Waals surface area contributed by atoms with E-state index < -0.39 is 0 Å². The van der Waals surface area contributed by atoms with E-state index in [9.17, 15) is 4.79 Å². The molecule has 1 saturated carbocycles. The van der Waals surface area contributed by atoms with Crippen LogP contribution in [0, 0.1) is 0 Å². The summed E-state index contributed by atoms with van der Waals surface area (Å²) in [4.78, 5) is 13.2. The molecule has 1 aromatic heterocycles. The van der Waals surface area contributed by atoms with Gasteiger partial charge in [-0.1, -0.05) is 24.3 Å². The summed E-state index contributed by atoms with van der Waals surface area (Å²) >= 11 is 1.78. The van der Waals surface area contributed by atoms with Crippen molar-refractivity contribution in [2.24, 2.45) is 0 Å². The van der Waals surface area contributed by atoms with Crippen LogP contribution in [0.25, 0.3) is 0 Å². The second kappa shape index (κ2) is 5.05. The van der Waals surface area contributed by atoms with E-state index in [2.05, 4.69) is 28.1 Å². The summed E-state index contributed by atoms with van der Waals surface area (Å²) in [6.07, 6.45) is 2.33. The number of amides is 2. The Kier molecular flexibility index (Phi) is 3.25. The fraction of sp³-hybridized carbons (Fsp3) is 0.267. The standard InChI is InChI=1S/C15H16N2OS/c18-14(17-12-5-2-1-3-6-12)16-11-15(8-9-15)13-7-4-10-19-13/h1-7,10H,8-9,11H2,(H2,16,17,18). The van der Waals surface area contributed by atoms with Gasteiger partial charge in [0.15, 0.2) is 0 Å². The minimum absolute atomic E-state index is 0.131. The zero-order valence-electron chi connectivity index (χ0n) is 10.6. The average molecular weight is 272 g/mol. The fourth-order valence-electron chi connectivity index (χ4n) is 2.19. The second-order valence-corrected chi connectivity index (χ2v) is 5.88. The van der Waals surface area contributed by atoms with E-state index in [0.29, 0.717) is 6.54 Å². The molecule has 3 rings (SSSR count). The number of rotatable bonds is 4. The van der Waals surface area contributed by atoms with E-state index in [0.717, 1.165) is 5.69 Å². The molecule has 0 spiro atoms. The molecule has 0 aliphatic heterocycles. The zero-order chi connectivity index (χ0) is 13.1. The van der Waals surface area contributed by atoms with Gasteiger partial charge in [0, 0.05) is 22.5 Å². The summed E-state index contributed by atoms with van der Waals surface area (Å²) in [6, 6.07) is 13.6. The lowest BCUT2D eigenvalue weighted by molar-refractivity contribution is 0.251. The Morgan fingerprint density at radius 1 is 1.16 bits per heavy atom. The van der Waals surface area contributed by atoms with Crippen molar-refractivity contribution in [1.82, 2.24) is 5.32 Å². The lowest BCUT2D eigenvalue weighted by Gasteiger charge is -2.14. The highest BCUT2D eigenvalue weighted by atomic mass is 32.1. The van der Waals surface area contributed by atoms with Crippen LogP contribution in [-0.4, -0.2) is 12.6 Å². The number of carbonyl (C=O) groups is 1. The van der Waals surface area contributed by atoms with Crippen LogP contribution in [0.1, 0.15) is 17.7 Å². The molecule has 1 heterocycles. The molecule has 0 atom stereocenters. The van der Waals surface area contributed by atoms with Crippen LogP contribution in [0.5, 0.6) is 0 Å². The fourth-order valence-corrected chi connectivity index (χ4v) is 3.17. The summed E-state index contributed by atoms with van der Waals surface area (Å²) in [5.41, 5.74) is 1.02. The molecule has 0 radical (unpaired) electrons. The first-order valence-corrected chi connectivity index (χ1v) is 7.30. The number of urea groups is 1. The summed E-state index contributed by atoms with van der Waals surface area (Å²) in [7, 11) is 0. The topological polar surface area (TPSA) is 41.1 Å². The van der Waals surface area contributed by atoms with E-state index in [4.69, 9.17) is 0 Å². The van der Waals surface area contributed by atoms with Crippen molar-refractivity contribution >= 4 is 23.1 Å². The van der Waals surface area contributed by atoms with Gasteiger partial charge in [0.25, 0.3) is 0 Å². The van der Waals surface area contributed by atoms with Crippen LogP contribution >= 0.6 is 11.3 Å². The molecule has 1 aliphatic rings. The highest BCUT2D eigenvalue weighted by molar-refractivity contribution is 7.10. The lowest BCUT2D eigenvalue weighted by Crippen LogP contribution is -2.35. The molecule has 2 aromatic rings. The molecule has 2 amide bonds. The van der Waals surface area contributed by atoms with Gasteiger partial charge in [0.2, 0.25) is 0 Å². The lowest BCUT2D eigenvalue weighted by atomic mass is 10.1. The number of benzene rings is 1. The average Bonchev–Trinajstić information content (AvgIpc) is 3.01. The van der Waals surface area contributed by atoms with Gasteiger partial charge in [0.05, 0.1) is 0 Å². The molecule has 1 aromatic carbocycles. The summed E-state index contributed by atoms with van der Waals surface area (Å²) in [6.45, 7) is 0.714. The third kappa shape index (κ3) is 2.79. The zero-order valence-corrected chi connectivity index (χ0v) is 11.4. The van der Waals surface area contributed by atoms with Crippen molar-refractivity contribution in [3.8, 4) is 0 Å². The maximum atomic E-state index is 11.8. The summed E-state index contributed by atoms with van der Waals surface area (Å²) in [5.74, 6) is 0. The number of para-hydroxylation sites is 1. The predicted octanol–water partition coefficient (Wildman–Crippen LogP) is 3.60. The number of nitrogens with one attached hydrogen (secondary N) is 2. The molecule has 0 saturated heterocycles. The maximum absolute atomic E-state index is 11.8. The normalized spacial score (nSPS) is 15.8. The Morgan fingerprint density at radius 2 is 1.95 bits per heavy atom. The Labute approximate surface area is 116 Å². The second-order valence-electron chi connectivity index (χ2n) is 4.93. The van der Waals surface area contributed by atoms with Gasteiger partial charge in [-0.2, -0.15) is 0 Å². The van der Waals surface area contributed by atoms with E-state index in [-0.39, 0.29) is 11.4 Å². The number of hydrogen-bond donors (Lipinski definition) is 2. The monoisotopic (exact) mass is 272 g/mol. The first-order valence-electron chi connectivity index (χ1n) is 6.42. The molecule has 0 unspecified atom stereocenters. The molecule has 1 aliphatic carbocycles. The van der Waals surface area contributed by atoms with Crippen molar-refractivity contribution in [2.75, 3.05) is 11.9 Å². The van der Waals surface area contributed by atoms with Crippen molar-refractivity contribution in [2.45, 2.75) is 18.3 Å². The Hall–Kier alpha value is -1.81. The van der Waals surface area contributed by atoms with E-state index in [1.54, 1.807) is 11.3 Å². The number of thiophene rings is 1. The van der Waals surface area contributed by atoms with Crippen LogP contribution in [0.3, 0.4) is 0 Å². The number of hydrogen-bond acceptors (Lipinski definition) is 2. The van der Waals surface area contributed by atoms with Gasteiger partial charge < -0.3 is 10.6 Å². The molecule has 4 heteroatoms. The highest BCUT2D eigenvalue weighted by Crippen LogP contribution is 2.49. The molecule has 1 fully saturated rings. The summed E-state index contributed by atoms with van der Waals surface area (Å²) in [5, 5.41) is 7.92. The minimum Gasteiger partial charge on any atom is -0.337 e. The van der Waals surface area contributed by atoms with Crippen LogP contribution in [0.15, 0.2) is 47.8 Å². The summed E-state index contributed by atoms with van der Waals surface area (Å²) < 4.78 is 0. The molecule has 98 valence electrons. The third-order valence-electron chi connectivity index (χ3n) is 3.52. The molecular formula is C15H16N2OS. The van der Waals surface area contributed by atoms with Crippen LogP contribution in [-0.2, 0) is 5.41 Å². The first-order chi connectivity index (χ1) is 9.28. The van der Waals surface area contributed by atoms with Crippen LogP contribution < -0.4 is 10.6 Å². The Morgan fingerprint density at radius 3 is 2.58 bits per heavy atom. The van der Waals surface area contributed by atoms with Crippen molar-refractivity contribution < 1.29 is 4.79 Å². The Bertz CT molecular complexity index is 547. The van der Waals surface area contributed by atoms with E-state index >= 15 is 0 Å². The van der Waals surface area contributed by atoms with Gasteiger partial charge in [-0.15, -0.1) is 11.3 Å². The van der Waals surface area contributed by atoms with Gasteiger partial charge >= 0.3 is 6.03 Å². The highest BCUT2D eigenvalue weighted by Gasteiger charge is 2.45. The largest absolute Gasteiger partial charge is 0.337 e. The van der Waals surface area contributed by atoms with Gasteiger partial charge in [-0.3, -0.25) is 0 Å². The van der Waals surface area contributed by atoms with Gasteiger partial charge in [-0.25, -0.2) is 4.79 Å². The number of anilines is 1. The third-order valence-corrected chi connectivity index (χ3v) is 4.63. The SMILES string of the molecule is O=C(NCC1(c2cccs2)CC1)Nc1ccccc1. The van der Waals surface area contributed by atoms with Gasteiger partial charge in [0.1, 0.15) is 0 Å². The first kappa shape index (κ1) is 12.2. The molecule has 19 heavy (non-hydrogen) atoms. The van der Waals surface area contributed by atoms with E-state index in [1.165, 1.54) is 17.7 Å². The van der Waals surface area contributed by atoms with E-state index in [1.807, 2.05) is 30.3 Å². The quantitative estimate of drug-likeness (QED) is 0.877. The van der Waals surface area contributed by atoms with Crippen molar-refractivity contribution in [3.63, 3.8) is 0 Å². The molecule has 2 N–H and O–H groups in total. The minimum atomic E-state index is -0.131. The molecule has 0 bridgehead atoms. The molecule has 3 nitrogen and oxygen atoms in total. The smallest absolute Gasteiger partial charge is 0.319 e. The van der Waals surface area contributed by atoms with Crippen molar-refractivity contribution in [1.29, 1.82) is 0 Å². The van der Waals surface area contributed by atoms with Crippen molar-refractivity contribution in [3.05, 3.63) is 52.7 Å². The predicted molar refractivity (Wildman–Crippen MR) is 78.7 cm³/mol. The number of carbonyl (C=O) groups excluding carboxylic acids is 1. The molecular weight excluding hydrogens is 256 g/mol. The van der Waals surface area contributed by atoms with Crippen LogP contribution in [0.2, 0.25) is 0 Å². The Balaban J connectivity index is 1.54. The van der Waals surface area contributed by atoms with Crippen LogP contribution in [0.4, 0.5) is 10.5 Å².